The largest absolute Gasteiger partial charge is 0.192 e. The fourth-order valence-electron chi connectivity index (χ4n) is 0.879. The molecular formula is C13H9ClN. The van der Waals surface area contributed by atoms with Crippen molar-refractivity contribution in [3.63, 3.8) is 0 Å². The van der Waals surface area contributed by atoms with E-state index < -0.39 is 0 Å². The highest BCUT2D eigenvalue weighted by atomic mass is 35.5. The zero-order valence-corrected chi connectivity index (χ0v) is 8.78. The number of benzene rings is 2. The fraction of sp³-hybridized carbons (Fsp3) is 0. The summed E-state index contributed by atoms with van der Waals surface area (Å²) in [5.74, 6) is 0. The van der Waals surface area contributed by atoms with Crippen LogP contribution in [0.1, 0.15) is 5.56 Å². The maximum absolute atomic E-state index is 8.29. The molecule has 0 aliphatic rings. The highest BCUT2D eigenvalue weighted by Crippen LogP contribution is 2.03. The summed E-state index contributed by atoms with van der Waals surface area (Å²) in [5, 5.41) is 9.05. The van der Waals surface area contributed by atoms with Crippen LogP contribution in [0, 0.1) is 17.4 Å². The number of rotatable bonds is 0. The first kappa shape index (κ1) is 11.3. The molecule has 2 aromatic rings. The van der Waals surface area contributed by atoms with Gasteiger partial charge in [0.05, 0.1) is 11.6 Å². The molecule has 0 heterocycles. The van der Waals surface area contributed by atoms with E-state index in [1.54, 1.807) is 36.4 Å². The number of nitrogens with zero attached hydrogens (tertiary/aromatic N) is 1. The van der Waals surface area contributed by atoms with Crippen LogP contribution in [0.25, 0.3) is 0 Å². The highest BCUT2D eigenvalue weighted by molar-refractivity contribution is 6.30. The molecule has 1 radical (unpaired) electrons. The van der Waals surface area contributed by atoms with Gasteiger partial charge in [-0.3, -0.25) is 0 Å². The zero-order valence-electron chi connectivity index (χ0n) is 8.02. The van der Waals surface area contributed by atoms with E-state index in [0.29, 0.717) is 5.56 Å². The average Bonchev–Trinajstić information content (AvgIpc) is 2.32. The minimum Gasteiger partial charge on any atom is -0.192 e. The van der Waals surface area contributed by atoms with Crippen molar-refractivity contribution in [2.75, 3.05) is 0 Å². The average molecular weight is 215 g/mol. The SMILES string of the molecule is Clc1cc[c]cc1.N#Cc1ccccc1. The molecule has 0 saturated heterocycles. The third-order valence-corrected chi connectivity index (χ3v) is 1.83. The molecule has 15 heavy (non-hydrogen) atoms. The summed E-state index contributed by atoms with van der Waals surface area (Å²) in [7, 11) is 0. The molecule has 0 aliphatic carbocycles. The van der Waals surface area contributed by atoms with Gasteiger partial charge in [-0.1, -0.05) is 41.9 Å². The summed E-state index contributed by atoms with van der Waals surface area (Å²) in [6.45, 7) is 0. The van der Waals surface area contributed by atoms with Crippen molar-refractivity contribution in [2.24, 2.45) is 0 Å². The minimum atomic E-state index is 0.715. The number of hydrogen-bond acceptors (Lipinski definition) is 1. The summed E-state index contributed by atoms with van der Waals surface area (Å²) < 4.78 is 0. The summed E-state index contributed by atoms with van der Waals surface area (Å²) in [5.41, 5.74) is 0.715. The van der Waals surface area contributed by atoms with E-state index in [1.165, 1.54) is 0 Å². The second-order valence-electron chi connectivity index (χ2n) is 2.70. The second-order valence-corrected chi connectivity index (χ2v) is 3.13. The molecule has 2 heteroatoms. The van der Waals surface area contributed by atoms with Gasteiger partial charge >= 0.3 is 0 Å². The lowest BCUT2D eigenvalue weighted by Crippen LogP contribution is -1.66. The third kappa shape index (κ3) is 4.85. The number of hydrogen-bond donors (Lipinski definition) is 0. The number of halogens is 1. The Morgan fingerprint density at radius 3 is 1.93 bits per heavy atom. The topological polar surface area (TPSA) is 23.8 Å². The van der Waals surface area contributed by atoms with Crippen LogP contribution in [0.3, 0.4) is 0 Å². The summed E-state index contributed by atoms with van der Waals surface area (Å²) >= 11 is 5.52. The van der Waals surface area contributed by atoms with Crippen molar-refractivity contribution < 1.29 is 0 Å². The molecule has 1 nitrogen and oxygen atoms in total. The van der Waals surface area contributed by atoms with E-state index >= 15 is 0 Å². The molecule has 2 aromatic carbocycles. The van der Waals surface area contributed by atoms with Crippen molar-refractivity contribution in [1.82, 2.24) is 0 Å². The Bertz CT molecular complexity index is 417. The molecule has 0 spiro atoms. The molecule has 0 bridgehead atoms. The Balaban J connectivity index is 0.000000151. The van der Waals surface area contributed by atoms with Gasteiger partial charge in [0.15, 0.2) is 0 Å². The molecule has 0 saturated carbocycles. The first-order chi connectivity index (χ1) is 7.33. The molecule has 2 rings (SSSR count). The molecule has 0 aliphatic heterocycles. The van der Waals surface area contributed by atoms with Gasteiger partial charge < -0.3 is 0 Å². The normalized spacial score (nSPS) is 8.27. The standard InChI is InChI=1S/C7H5N.C6H4Cl/c8-6-7-4-2-1-3-5-7;7-6-4-2-1-3-5-6/h1-5H;2-5H. The maximum Gasteiger partial charge on any atom is 0.0991 e. The minimum absolute atomic E-state index is 0.715. The second kappa shape index (κ2) is 6.64. The van der Waals surface area contributed by atoms with Gasteiger partial charge in [-0.15, -0.1) is 0 Å². The van der Waals surface area contributed by atoms with Crippen LogP contribution in [-0.4, -0.2) is 0 Å². The molecule has 0 aromatic heterocycles. The fourth-order valence-corrected chi connectivity index (χ4v) is 1.01. The predicted molar refractivity (Wildman–Crippen MR) is 61.4 cm³/mol. The van der Waals surface area contributed by atoms with Crippen molar-refractivity contribution >= 4 is 11.6 Å². The predicted octanol–water partition coefficient (Wildman–Crippen LogP) is 3.70. The van der Waals surface area contributed by atoms with Gasteiger partial charge in [-0.2, -0.15) is 5.26 Å². The summed E-state index contributed by atoms with van der Waals surface area (Å²) in [6, 6.07) is 21.2. The zero-order chi connectivity index (χ0) is 10.9. The van der Waals surface area contributed by atoms with Crippen molar-refractivity contribution in [1.29, 1.82) is 5.26 Å². The van der Waals surface area contributed by atoms with E-state index in [4.69, 9.17) is 16.9 Å². The van der Waals surface area contributed by atoms with Crippen molar-refractivity contribution in [2.45, 2.75) is 0 Å². The highest BCUT2D eigenvalue weighted by Gasteiger charge is 1.79. The van der Waals surface area contributed by atoms with Gasteiger partial charge in [0.1, 0.15) is 0 Å². The number of nitriles is 1. The van der Waals surface area contributed by atoms with Crippen LogP contribution in [0.4, 0.5) is 0 Å². The third-order valence-electron chi connectivity index (χ3n) is 1.58. The monoisotopic (exact) mass is 214 g/mol. The van der Waals surface area contributed by atoms with E-state index in [1.807, 2.05) is 24.3 Å². The molecule has 0 fully saturated rings. The van der Waals surface area contributed by atoms with Gasteiger partial charge in [0.2, 0.25) is 0 Å². The van der Waals surface area contributed by atoms with E-state index in [2.05, 4.69) is 6.07 Å². The summed E-state index contributed by atoms with van der Waals surface area (Å²) in [4.78, 5) is 0. The van der Waals surface area contributed by atoms with Gasteiger partial charge in [0, 0.05) is 5.02 Å². The Morgan fingerprint density at radius 2 is 1.60 bits per heavy atom. The van der Waals surface area contributed by atoms with Crippen LogP contribution in [0.5, 0.6) is 0 Å². The van der Waals surface area contributed by atoms with Gasteiger partial charge in [-0.05, 0) is 30.3 Å². The summed E-state index contributed by atoms with van der Waals surface area (Å²) in [6.07, 6.45) is 0. The quantitative estimate of drug-likeness (QED) is 0.656. The van der Waals surface area contributed by atoms with Gasteiger partial charge in [-0.25, -0.2) is 0 Å². The van der Waals surface area contributed by atoms with Crippen molar-refractivity contribution in [3.05, 3.63) is 71.2 Å². The molecule has 0 N–H and O–H groups in total. The Morgan fingerprint density at radius 1 is 1.00 bits per heavy atom. The Hall–Kier alpha value is -1.78. The van der Waals surface area contributed by atoms with Crippen LogP contribution in [0.2, 0.25) is 5.02 Å². The van der Waals surface area contributed by atoms with E-state index in [0.717, 1.165) is 5.02 Å². The van der Waals surface area contributed by atoms with Crippen LogP contribution >= 0.6 is 11.6 Å². The first-order valence-electron chi connectivity index (χ1n) is 4.39. The molecular weight excluding hydrogens is 206 g/mol. The smallest absolute Gasteiger partial charge is 0.0991 e. The lowest BCUT2D eigenvalue weighted by molar-refractivity contribution is 1.49. The lowest BCUT2D eigenvalue weighted by atomic mass is 10.2. The Labute approximate surface area is 94.6 Å². The molecule has 73 valence electrons. The first-order valence-corrected chi connectivity index (χ1v) is 4.77. The molecule has 0 amide bonds. The molecule has 0 unspecified atom stereocenters. The maximum atomic E-state index is 8.29. The molecule has 0 atom stereocenters. The van der Waals surface area contributed by atoms with Crippen molar-refractivity contribution in [3.8, 4) is 6.07 Å². The van der Waals surface area contributed by atoms with Crippen LogP contribution in [0.15, 0.2) is 54.6 Å². The van der Waals surface area contributed by atoms with E-state index in [9.17, 15) is 0 Å². The van der Waals surface area contributed by atoms with Crippen LogP contribution in [-0.2, 0) is 0 Å². The lowest BCUT2D eigenvalue weighted by Gasteiger charge is -1.80. The Kier molecular flexibility index (Phi) is 5.00. The van der Waals surface area contributed by atoms with Gasteiger partial charge in [0.25, 0.3) is 0 Å². The van der Waals surface area contributed by atoms with Crippen LogP contribution < -0.4 is 0 Å². The van der Waals surface area contributed by atoms with E-state index in [-0.39, 0.29) is 0 Å².